The molecule has 0 unspecified atom stereocenters. The highest BCUT2D eigenvalue weighted by Crippen LogP contribution is 1.84. The molecule has 0 aliphatic carbocycles. The van der Waals surface area contributed by atoms with Gasteiger partial charge in [0.1, 0.15) is 0 Å². The monoisotopic (exact) mass is 322 g/mol. The highest BCUT2D eigenvalue weighted by molar-refractivity contribution is 4.88. The van der Waals surface area contributed by atoms with Crippen molar-refractivity contribution in [2.45, 2.75) is 33.1 Å². The predicted molar refractivity (Wildman–Crippen MR) is 104 cm³/mol. The molecule has 0 bridgehead atoms. The number of likely N-dealkylation sites (N-methyl/N-ethyl adjacent to an activating group) is 1. The fourth-order valence-electron chi connectivity index (χ4n) is 1.93. The van der Waals surface area contributed by atoms with Gasteiger partial charge in [-0.05, 0) is 38.9 Å². The number of rotatable bonds is 17. The summed E-state index contributed by atoms with van der Waals surface area (Å²) >= 11 is 0. The van der Waals surface area contributed by atoms with Gasteiger partial charge in [-0.2, -0.15) is 0 Å². The maximum absolute atomic E-state index is 3.44. The van der Waals surface area contributed by atoms with Crippen molar-refractivity contribution in [2.24, 2.45) is 0 Å². The molecule has 0 heterocycles. The Kier molecular flexibility index (Phi) is 20.2. The summed E-state index contributed by atoms with van der Waals surface area (Å²) in [7, 11) is 0. The lowest BCUT2D eigenvalue weighted by Crippen LogP contribution is -2.19. The molecule has 0 saturated heterocycles. The van der Waals surface area contributed by atoms with E-state index in [4.69, 9.17) is 0 Å². The molecule has 4 heteroatoms. The van der Waals surface area contributed by atoms with Crippen LogP contribution in [0.3, 0.4) is 0 Å². The lowest BCUT2D eigenvalue weighted by Gasteiger charge is -2.03. The minimum atomic E-state index is 0.945. The summed E-state index contributed by atoms with van der Waals surface area (Å²) in [6, 6.07) is 0. The first kappa shape index (κ1) is 22.1. The fourth-order valence-corrected chi connectivity index (χ4v) is 1.93. The lowest BCUT2D eigenvalue weighted by atomic mass is 10.3. The number of unbranched alkanes of at least 4 members (excludes halogenated alkanes) is 1. The van der Waals surface area contributed by atoms with Crippen LogP contribution in [0, 0.1) is 0 Å². The molecule has 0 spiro atoms. The third-order valence-electron chi connectivity index (χ3n) is 3.25. The Balaban J connectivity index is 3.12. The molecular formula is C19H38N4. The second-order valence-corrected chi connectivity index (χ2v) is 5.40. The number of allylic oxidation sites excluding steroid dienone is 1. The number of nitrogens with one attached hydrogen (secondary N) is 4. The van der Waals surface area contributed by atoms with Crippen LogP contribution >= 0.6 is 0 Å². The average molecular weight is 323 g/mol. The third kappa shape index (κ3) is 21.1. The van der Waals surface area contributed by atoms with E-state index in [1.54, 1.807) is 0 Å². The Morgan fingerprint density at radius 2 is 0.957 bits per heavy atom. The van der Waals surface area contributed by atoms with Crippen LogP contribution in [0.1, 0.15) is 33.1 Å². The van der Waals surface area contributed by atoms with Crippen LogP contribution in [-0.4, -0.2) is 52.4 Å². The summed E-state index contributed by atoms with van der Waals surface area (Å²) in [5.41, 5.74) is 0. The second-order valence-electron chi connectivity index (χ2n) is 5.40. The van der Waals surface area contributed by atoms with E-state index in [1.165, 1.54) is 12.8 Å². The van der Waals surface area contributed by atoms with Crippen LogP contribution < -0.4 is 21.3 Å². The summed E-state index contributed by atoms with van der Waals surface area (Å²) in [6.07, 6.45) is 16.7. The van der Waals surface area contributed by atoms with Gasteiger partial charge in [-0.15, -0.1) is 0 Å². The van der Waals surface area contributed by atoms with E-state index >= 15 is 0 Å². The summed E-state index contributed by atoms with van der Waals surface area (Å²) in [5.74, 6) is 0. The molecule has 0 radical (unpaired) electrons. The molecule has 0 amide bonds. The quantitative estimate of drug-likeness (QED) is 0.245. The van der Waals surface area contributed by atoms with Crippen molar-refractivity contribution >= 4 is 0 Å². The van der Waals surface area contributed by atoms with Crippen molar-refractivity contribution in [2.75, 3.05) is 52.4 Å². The van der Waals surface area contributed by atoms with E-state index in [0.717, 1.165) is 58.8 Å². The molecule has 0 atom stereocenters. The molecule has 134 valence electrons. The first-order chi connectivity index (χ1) is 11.4. The van der Waals surface area contributed by atoms with E-state index in [0.29, 0.717) is 0 Å². The Morgan fingerprint density at radius 1 is 0.522 bits per heavy atom. The van der Waals surface area contributed by atoms with Crippen LogP contribution in [-0.2, 0) is 0 Å². The van der Waals surface area contributed by atoms with Crippen molar-refractivity contribution in [3.05, 3.63) is 36.5 Å². The number of hydrogen-bond donors (Lipinski definition) is 4. The predicted octanol–water partition coefficient (Wildman–Crippen LogP) is 2.22. The van der Waals surface area contributed by atoms with Crippen molar-refractivity contribution in [3.8, 4) is 0 Å². The van der Waals surface area contributed by atoms with Gasteiger partial charge in [0.15, 0.2) is 0 Å². The van der Waals surface area contributed by atoms with Gasteiger partial charge in [0.05, 0.1) is 0 Å². The van der Waals surface area contributed by atoms with Gasteiger partial charge < -0.3 is 21.3 Å². The summed E-state index contributed by atoms with van der Waals surface area (Å²) in [6.45, 7) is 12.3. The van der Waals surface area contributed by atoms with Gasteiger partial charge in [-0.25, -0.2) is 0 Å². The third-order valence-corrected chi connectivity index (χ3v) is 3.25. The molecule has 0 fully saturated rings. The molecular weight excluding hydrogens is 284 g/mol. The molecule has 0 aliphatic rings. The summed E-state index contributed by atoms with van der Waals surface area (Å²) < 4.78 is 0. The number of hydrogen-bond acceptors (Lipinski definition) is 4. The minimum Gasteiger partial charge on any atom is -0.314 e. The first-order valence-electron chi connectivity index (χ1n) is 9.19. The maximum Gasteiger partial charge on any atom is 0.0138 e. The zero-order valence-corrected chi connectivity index (χ0v) is 15.2. The maximum atomic E-state index is 3.44. The zero-order chi connectivity index (χ0) is 16.8. The molecule has 0 aromatic heterocycles. The van der Waals surface area contributed by atoms with E-state index in [2.05, 4.69) is 71.6 Å². The molecule has 4 N–H and O–H groups in total. The van der Waals surface area contributed by atoms with E-state index in [9.17, 15) is 0 Å². The van der Waals surface area contributed by atoms with Crippen molar-refractivity contribution in [1.82, 2.24) is 21.3 Å². The molecule has 0 saturated carbocycles. The second kappa shape index (κ2) is 21.1. The Bertz CT molecular complexity index is 298. The molecule has 0 aromatic carbocycles. The smallest absolute Gasteiger partial charge is 0.0138 e. The highest BCUT2D eigenvalue weighted by Gasteiger charge is 1.87. The van der Waals surface area contributed by atoms with Crippen LogP contribution in [0.25, 0.3) is 0 Å². The first-order valence-corrected chi connectivity index (χ1v) is 9.19. The lowest BCUT2D eigenvalue weighted by molar-refractivity contribution is 0.616. The summed E-state index contributed by atoms with van der Waals surface area (Å²) in [4.78, 5) is 0. The largest absolute Gasteiger partial charge is 0.314 e. The van der Waals surface area contributed by atoms with Crippen molar-refractivity contribution in [3.63, 3.8) is 0 Å². The van der Waals surface area contributed by atoms with E-state index in [-0.39, 0.29) is 0 Å². The van der Waals surface area contributed by atoms with Crippen molar-refractivity contribution in [1.29, 1.82) is 0 Å². The van der Waals surface area contributed by atoms with Crippen LogP contribution in [0.2, 0.25) is 0 Å². The van der Waals surface area contributed by atoms with Crippen molar-refractivity contribution < 1.29 is 0 Å². The van der Waals surface area contributed by atoms with Gasteiger partial charge >= 0.3 is 0 Å². The summed E-state index contributed by atoms with van der Waals surface area (Å²) in [5, 5.41) is 13.5. The molecule has 4 nitrogen and oxygen atoms in total. The zero-order valence-electron chi connectivity index (χ0n) is 15.2. The Labute approximate surface area is 143 Å². The van der Waals surface area contributed by atoms with E-state index < -0.39 is 0 Å². The Morgan fingerprint density at radius 3 is 1.43 bits per heavy atom. The highest BCUT2D eigenvalue weighted by atomic mass is 14.9. The fraction of sp³-hybridized carbons (Fsp3) is 0.684. The van der Waals surface area contributed by atoms with Gasteiger partial charge in [-0.3, -0.25) is 0 Å². The molecule has 0 rings (SSSR count). The van der Waals surface area contributed by atoms with Gasteiger partial charge in [0.2, 0.25) is 0 Å². The molecule has 23 heavy (non-hydrogen) atoms. The Hall–Kier alpha value is -0.940. The van der Waals surface area contributed by atoms with Gasteiger partial charge in [0.25, 0.3) is 0 Å². The SMILES string of the molecule is CC/C=C\CNC/C=C\CNCCCCNC/C=C\CNCC. The van der Waals surface area contributed by atoms with Gasteiger partial charge in [0, 0.05) is 32.7 Å². The molecule has 0 aliphatic heterocycles. The minimum absolute atomic E-state index is 0.945. The van der Waals surface area contributed by atoms with Crippen LogP contribution in [0.4, 0.5) is 0 Å². The van der Waals surface area contributed by atoms with Crippen LogP contribution in [0.15, 0.2) is 36.5 Å². The average Bonchev–Trinajstić information content (AvgIpc) is 2.57. The van der Waals surface area contributed by atoms with Crippen LogP contribution in [0.5, 0.6) is 0 Å². The molecule has 0 aromatic rings. The van der Waals surface area contributed by atoms with E-state index in [1.807, 2.05) is 0 Å². The topological polar surface area (TPSA) is 48.1 Å². The normalized spacial score (nSPS) is 12.3. The van der Waals surface area contributed by atoms with Gasteiger partial charge in [-0.1, -0.05) is 50.3 Å². The standard InChI is InChI=1S/C19H38N4/c1-3-5-6-14-21-16-9-10-18-23-19-12-11-17-22-15-8-7-13-20-4-2/h5-10,20-23H,3-4,11-19H2,1-2H3/b6-5-,8-7-,10-9-.